The fourth-order valence-corrected chi connectivity index (χ4v) is 2.87. The summed E-state index contributed by atoms with van der Waals surface area (Å²) in [6.45, 7) is 6.67. The Labute approximate surface area is 119 Å². The third kappa shape index (κ3) is 6.01. The zero-order valence-corrected chi connectivity index (χ0v) is 12.9. The van der Waals surface area contributed by atoms with Crippen LogP contribution in [0.4, 0.5) is 0 Å². The van der Waals surface area contributed by atoms with Crippen LogP contribution < -0.4 is 5.73 Å². The van der Waals surface area contributed by atoms with Crippen LogP contribution in [0.2, 0.25) is 0 Å². The van der Waals surface area contributed by atoms with E-state index in [9.17, 15) is 0 Å². The molecule has 0 aliphatic rings. The molecule has 0 bridgehead atoms. The lowest BCUT2D eigenvalue weighted by Crippen LogP contribution is -2.27. The molecular formula is C14H25NO3S. The van der Waals surface area contributed by atoms with E-state index in [1.807, 2.05) is 6.92 Å². The third-order valence-electron chi connectivity index (χ3n) is 2.80. The zero-order valence-electron chi connectivity index (χ0n) is 12.1. The summed E-state index contributed by atoms with van der Waals surface area (Å²) in [5.74, 6) is 0. The predicted molar refractivity (Wildman–Crippen MR) is 78.7 cm³/mol. The average Bonchev–Trinajstić information content (AvgIpc) is 2.78. The van der Waals surface area contributed by atoms with Gasteiger partial charge in [-0.1, -0.05) is 0 Å². The first-order valence-electron chi connectivity index (χ1n) is 6.64. The molecule has 0 aliphatic heterocycles. The summed E-state index contributed by atoms with van der Waals surface area (Å²) in [6.07, 6.45) is 0.875. The summed E-state index contributed by atoms with van der Waals surface area (Å²) >= 11 is 1.70. The summed E-state index contributed by atoms with van der Waals surface area (Å²) in [5.41, 5.74) is 7.25. The maximum atomic E-state index is 6.00. The van der Waals surface area contributed by atoms with Crippen molar-refractivity contribution in [1.29, 1.82) is 0 Å². The summed E-state index contributed by atoms with van der Waals surface area (Å²) in [7, 11) is 1.69. The number of rotatable bonds is 10. The molecule has 1 heterocycles. The molecule has 0 amide bonds. The van der Waals surface area contributed by atoms with Gasteiger partial charge in [0.05, 0.1) is 13.2 Å². The number of thiophene rings is 1. The molecule has 0 saturated heterocycles. The van der Waals surface area contributed by atoms with Crippen LogP contribution in [0, 0.1) is 6.92 Å². The molecule has 1 aromatic rings. The lowest BCUT2D eigenvalue weighted by atomic mass is 10.1. The predicted octanol–water partition coefficient (Wildman–Crippen LogP) is 2.51. The Morgan fingerprint density at radius 1 is 1.26 bits per heavy atom. The lowest BCUT2D eigenvalue weighted by molar-refractivity contribution is -0.00639. The van der Waals surface area contributed by atoms with Crippen LogP contribution in [0.1, 0.15) is 29.9 Å². The summed E-state index contributed by atoms with van der Waals surface area (Å²) in [6, 6.07) is 2.07. The van der Waals surface area contributed by atoms with E-state index in [2.05, 4.69) is 18.4 Å². The summed E-state index contributed by atoms with van der Waals surface area (Å²) < 4.78 is 16.3. The van der Waals surface area contributed by atoms with Gasteiger partial charge in [-0.2, -0.15) is 0 Å². The number of ether oxygens (including phenoxy) is 3. The van der Waals surface area contributed by atoms with Crippen molar-refractivity contribution in [3.63, 3.8) is 0 Å². The molecule has 2 unspecified atom stereocenters. The first kappa shape index (κ1) is 16.6. The van der Waals surface area contributed by atoms with Gasteiger partial charge in [-0.05, 0) is 37.3 Å². The first-order chi connectivity index (χ1) is 9.16. The van der Waals surface area contributed by atoms with E-state index in [4.69, 9.17) is 19.9 Å². The minimum absolute atomic E-state index is 0.0224. The Kier molecular flexibility index (Phi) is 8.25. The minimum Gasteiger partial charge on any atom is -0.385 e. The molecule has 1 aromatic heterocycles. The van der Waals surface area contributed by atoms with Crippen molar-refractivity contribution < 1.29 is 14.2 Å². The standard InChI is InChI=1S/C14H25NO3S/c1-11-5-10-19-14(11)13(12(2)15)18-9-8-17-7-4-6-16-3/h5,10,12-13H,4,6-9,15H2,1-3H3. The number of methoxy groups -OCH3 is 1. The highest BCUT2D eigenvalue weighted by Gasteiger charge is 2.19. The number of hydrogen-bond acceptors (Lipinski definition) is 5. The maximum absolute atomic E-state index is 6.00. The van der Waals surface area contributed by atoms with Gasteiger partial charge in [0.2, 0.25) is 0 Å². The molecule has 0 saturated carbocycles. The number of nitrogens with two attached hydrogens (primary N) is 1. The third-order valence-corrected chi connectivity index (χ3v) is 3.88. The van der Waals surface area contributed by atoms with Gasteiger partial charge in [0.25, 0.3) is 0 Å². The van der Waals surface area contributed by atoms with Crippen molar-refractivity contribution in [1.82, 2.24) is 0 Å². The zero-order chi connectivity index (χ0) is 14.1. The van der Waals surface area contributed by atoms with Gasteiger partial charge < -0.3 is 19.9 Å². The van der Waals surface area contributed by atoms with E-state index < -0.39 is 0 Å². The molecule has 4 nitrogen and oxygen atoms in total. The average molecular weight is 287 g/mol. The molecular weight excluding hydrogens is 262 g/mol. The van der Waals surface area contributed by atoms with Crippen LogP contribution in [0.3, 0.4) is 0 Å². The topological polar surface area (TPSA) is 53.7 Å². The molecule has 2 atom stereocenters. The van der Waals surface area contributed by atoms with E-state index in [1.165, 1.54) is 10.4 Å². The molecule has 0 radical (unpaired) electrons. The molecule has 0 aliphatic carbocycles. The second kappa shape index (κ2) is 9.44. The van der Waals surface area contributed by atoms with E-state index >= 15 is 0 Å². The fraction of sp³-hybridized carbons (Fsp3) is 0.714. The molecule has 0 spiro atoms. The molecule has 1 rings (SSSR count). The molecule has 5 heteroatoms. The number of hydrogen-bond donors (Lipinski definition) is 1. The van der Waals surface area contributed by atoms with Gasteiger partial charge in [0.1, 0.15) is 6.10 Å². The van der Waals surface area contributed by atoms with Gasteiger partial charge in [-0.15, -0.1) is 11.3 Å². The van der Waals surface area contributed by atoms with Crippen molar-refractivity contribution in [3.05, 3.63) is 21.9 Å². The monoisotopic (exact) mass is 287 g/mol. The van der Waals surface area contributed by atoms with E-state index in [1.54, 1.807) is 18.4 Å². The SMILES string of the molecule is COCCCOCCOC(c1sccc1C)C(C)N. The molecule has 19 heavy (non-hydrogen) atoms. The second-order valence-electron chi connectivity index (χ2n) is 4.58. The highest BCUT2D eigenvalue weighted by Crippen LogP contribution is 2.28. The number of aryl methyl sites for hydroxylation is 1. The summed E-state index contributed by atoms with van der Waals surface area (Å²) in [5, 5.41) is 2.07. The van der Waals surface area contributed by atoms with Gasteiger partial charge in [-0.25, -0.2) is 0 Å². The highest BCUT2D eigenvalue weighted by molar-refractivity contribution is 7.10. The first-order valence-corrected chi connectivity index (χ1v) is 7.52. The van der Waals surface area contributed by atoms with E-state index in [-0.39, 0.29) is 12.1 Å². The van der Waals surface area contributed by atoms with Gasteiger partial charge in [-0.3, -0.25) is 0 Å². The Morgan fingerprint density at radius 2 is 2.05 bits per heavy atom. The largest absolute Gasteiger partial charge is 0.385 e. The maximum Gasteiger partial charge on any atom is 0.107 e. The Bertz CT molecular complexity index is 341. The van der Waals surface area contributed by atoms with Crippen molar-refractivity contribution >= 4 is 11.3 Å². The molecule has 0 fully saturated rings. The van der Waals surface area contributed by atoms with Gasteiger partial charge >= 0.3 is 0 Å². The quantitative estimate of drug-likeness (QED) is 0.672. The minimum atomic E-state index is -0.0393. The molecule has 0 aromatic carbocycles. The molecule has 110 valence electrons. The van der Waals surface area contributed by atoms with Crippen LogP contribution in [-0.2, 0) is 14.2 Å². The van der Waals surface area contributed by atoms with Crippen molar-refractivity contribution in [2.24, 2.45) is 5.73 Å². The van der Waals surface area contributed by atoms with Crippen LogP contribution >= 0.6 is 11.3 Å². The van der Waals surface area contributed by atoms with Crippen LogP contribution in [0.15, 0.2) is 11.4 Å². The van der Waals surface area contributed by atoms with E-state index in [0.717, 1.165) is 13.0 Å². The van der Waals surface area contributed by atoms with Crippen molar-refractivity contribution in [2.75, 3.05) is 33.5 Å². The summed E-state index contributed by atoms with van der Waals surface area (Å²) in [4.78, 5) is 1.22. The Morgan fingerprint density at radius 3 is 2.63 bits per heavy atom. The van der Waals surface area contributed by atoms with Crippen LogP contribution in [0.25, 0.3) is 0 Å². The van der Waals surface area contributed by atoms with Crippen molar-refractivity contribution in [2.45, 2.75) is 32.4 Å². The normalized spacial score (nSPS) is 14.5. The lowest BCUT2D eigenvalue weighted by Gasteiger charge is -2.21. The Balaban J connectivity index is 2.26. The van der Waals surface area contributed by atoms with Crippen LogP contribution in [0.5, 0.6) is 0 Å². The Hall–Kier alpha value is -0.460. The second-order valence-corrected chi connectivity index (χ2v) is 5.52. The van der Waals surface area contributed by atoms with Crippen LogP contribution in [-0.4, -0.2) is 39.6 Å². The fourth-order valence-electron chi connectivity index (χ4n) is 1.78. The highest BCUT2D eigenvalue weighted by atomic mass is 32.1. The van der Waals surface area contributed by atoms with E-state index in [0.29, 0.717) is 19.8 Å². The van der Waals surface area contributed by atoms with Gasteiger partial charge in [0.15, 0.2) is 0 Å². The van der Waals surface area contributed by atoms with Gasteiger partial charge in [0, 0.05) is 31.2 Å². The van der Waals surface area contributed by atoms with Crippen molar-refractivity contribution in [3.8, 4) is 0 Å². The smallest absolute Gasteiger partial charge is 0.107 e. The molecule has 2 N–H and O–H groups in total.